The van der Waals surface area contributed by atoms with Gasteiger partial charge in [0.2, 0.25) is 0 Å². The Bertz CT molecular complexity index is 779. The number of hydrogen-bond acceptors (Lipinski definition) is 2. The van der Waals surface area contributed by atoms with Gasteiger partial charge in [-0.1, -0.05) is 0 Å². The molecule has 1 aliphatic rings. The highest BCUT2D eigenvalue weighted by Crippen LogP contribution is 2.33. The highest BCUT2D eigenvalue weighted by atomic mass is 79.9. The van der Waals surface area contributed by atoms with Crippen LogP contribution in [-0.2, 0) is 6.42 Å². The minimum Gasteiger partial charge on any atom is -0.497 e. The predicted molar refractivity (Wildman–Crippen MR) is 87.0 cm³/mol. The van der Waals surface area contributed by atoms with E-state index in [0.29, 0.717) is 46.4 Å². The molecule has 1 amide bonds. The van der Waals surface area contributed by atoms with Crippen LogP contribution in [0, 0.1) is 11.6 Å². The van der Waals surface area contributed by atoms with Gasteiger partial charge in [-0.2, -0.15) is 0 Å². The number of ether oxygens (including phenoxy) is 1. The van der Waals surface area contributed by atoms with E-state index in [9.17, 15) is 13.6 Å². The third kappa shape index (κ3) is 2.95. The second-order valence-corrected chi connectivity index (χ2v) is 6.15. The summed E-state index contributed by atoms with van der Waals surface area (Å²) in [5.74, 6) is -1.08. The number of amides is 1. The maximum atomic E-state index is 14.0. The van der Waals surface area contributed by atoms with Crippen LogP contribution in [0.15, 0.2) is 34.8 Å². The van der Waals surface area contributed by atoms with Gasteiger partial charge >= 0.3 is 0 Å². The van der Waals surface area contributed by atoms with Gasteiger partial charge in [-0.25, -0.2) is 8.78 Å². The Balaban J connectivity index is 2.06. The van der Waals surface area contributed by atoms with Crippen LogP contribution in [-0.4, -0.2) is 19.6 Å². The molecule has 0 unspecified atom stereocenters. The van der Waals surface area contributed by atoms with Crippen LogP contribution >= 0.6 is 15.9 Å². The first-order valence-electron chi connectivity index (χ1n) is 7.14. The Morgan fingerprint density at radius 3 is 2.78 bits per heavy atom. The van der Waals surface area contributed by atoms with Crippen LogP contribution in [0.3, 0.4) is 0 Å². The number of fused-ring (bicyclic) bond motifs is 1. The highest BCUT2D eigenvalue weighted by molar-refractivity contribution is 9.10. The number of carbonyl (C=O) groups excluding carboxylic acids is 1. The SMILES string of the molecule is COc1ccc(Br)c(C(=O)N2CCCc3c(F)cc(F)cc32)c1. The Morgan fingerprint density at radius 2 is 2.04 bits per heavy atom. The summed E-state index contributed by atoms with van der Waals surface area (Å²) in [4.78, 5) is 14.3. The first-order valence-corrected chi connectivity index (χ1v) is 7.94. The maximum Gasteiger partial charge on any atom is 0.259 e. The predicted octanol–water partition coefficient (Wildman–Crippen LogP) is 4.33. The van der Waals surface area contributed by atoms with E-state index in [4.69, 9.17) is 4.74 Å². The number of hydrogen-bond donors (Lipinski definition) is 0. The number of nitrogens with zero attached hydrogens (tertiary/aromatic N) is 1. The first kappa shape index (κ1) is 15.9. The van der Waals surface area contributed by atoms with Gasteiger partial charge in [0.05, 0.1) is 18.4 Å². The molecule has 0 bridgehead atoms. The average Bonchev–Trinajstić information content (AvgIpc) is 2.54. The van der Waals surface area contributed by atoms with Gasteiger partial charge in [-0.15, -0.1) is 0 Å². The third-order valence-corrected chi connectivity index (χ3v) is 4.58. The van der Waals surface area contributed by atoms with Crippen molar-refractivity contribution in [2.24, 2.45) is 0 Å². The molecule has 0 saturated carbocycles. The standard InChI is InChI=1S/C17H14BrF2NO2/c1-23-11-4-5-14(18)13(9-11)17(22)21-6-2-3-12-15(20)7-10(19)8-16(12)21/h4-5,7-9H,2-3,6H2,1H3. The Labute approximate surface area is 141 Å². The third-order valence-electron chi connectivity index (χ3n) is 3.89. The quantitative estimate of drug-likeness (QED) is 0.774. The summed E-state index contributed by atoms with van der Waals surface area (Å²) in [6, 6.07) is 7.11. The second kappa shape index (κ2) is 6.28. The molecule has 120 valence electrons. The molecule has 6 heteroatoms. The number of carbonyl (C=O) groups is 1. The zero-order valence-electron chi connectivity index (χ0n) is 12.4. The Hall–Kier alpha value is -1.95. The van der Waals surface area contributed by atoms with Crippen LogP contribution in [0.2, 0.25) is 0 Å². The molecule has 0 aliphatic carbocycles. The van der Waals surface area contributed by atoms with Crippen molar-refractivity contribution >= 4 is 27.5 Å². The molecule has 3 nitrogen and oxygen atoms in total. The smallest absolute Gasteiger partial charge is 0.259 e. The molecule has 0 fully saturated rings. The average molecular weight is 382 g/mol. The Kier molecular flexibility index (Phi) is 4.35. The van der Waals surface area contributed by atoms with Gasteiger partial charge in [0.1, 0.15) is 17.4 Å². The number of halogens is 3. The molecule has 2 aromatic rings. The van der Waals surface area contributed by atoms with E-state index in [1.165, 1.54) is 18.1 Å². The van der Waals surface area contributed by atoms with E-state index in [0.717, 1.165) is 6.07 Å². The summed E-state index contributed by atoms with van der Waals surface area (Å²) >= 11 is 3.34. The molecule has 23 heavy (non-hydrogen) atoms. The van der Waals surface area contributed by atoms with Crippen molar-refractivity contribution in [2.75, 3.05) is 18.6 Å². The molecule has 0 radical (unpaired) electrons. The largest absolute Gasteiger partial charge is 0.497 e. The van der Waals surface area contributed by atoms with E-state index in [2.05, 4.69) is 15.9 Å². The normalized spacial score (nSPS) is 13.7. The molecule has 0 saturated heterocycles. The van der Waals surface area contributed by atoms with E-state index < -0.39 is 11.6 Å². The summed E-state index contributed by atoms with van der Waals surface area (Å²) in [5.41, 5.74) is 1.07. The fraction of sp³-hybridized carbons (Fsp3) is 0.235. The lowest BCUT2D eigenvalue weighted by molar-refractivity contribution is 0.0984. The number of methoxy groups -OCH3 is 1. The molecular formula is C17H14BrF2NO2. The molecule has 2 aromatic carbocycles. The van der Waals surface area contributed by atoms with Crippen LogP contribution in [0.25, 0.3) is 0 Å². The van der Waals surface area contributed by atoms with Crippen molar-refractivity contribution in [1.82, 2.24) is 0 Å². The van der Waals surface area contributed by atoms with E-state index >= 15 is 0 Å². The van der Waals surface area contributed by atoms with E-state index in [-0.39, 0.29) is 5.91 Å². The van der Waals surface area contributed by atoms with Crippen molar-refractivity contribution in [3.05, 3.63) is 57.6 Å². The van der Waals surface area contributed by atoms with Gasteiger partial charge in [-0.05, 0) is 53.0 Å². The number of benzene rings is 2. The van der Waals surface area contributed by atoms with E-state index in [1.807, 2.05) is 0 Å². The lowest BCUT2D eigenvalue weighted by Gasteiger charge is -2.30. The fourth-order valence-electron chi connectivity index (χ4n) is 2.76. The lowest BCUT2D eigenvalue weighted by Crippen LogP contribution is -2.36. The van der Waals surface area contributed by atoms with Crippen molar-refractivity contribution in [3.8, 4) is 5.75 Å². The zero-order chi connectivity index (χ0) is 16.6. The fourth-order valence-corrected chi connectivity index (χ4v) is 3.18. The van der Waals surface area contributed by atoms with Gasteiger partial charge in [0.25, 0.3) is 5.91 Å². The van der Waals surface area contributed by atoms with Gasteiger partial charge in [-0.3, -0.25) is 4.79 Å². The van der Waals surface area contributed by atoms with Crippen molar-refractivity contribution < 1.29 is 18.3 Å². The minimum absolute atomic E-state index is 0.300. The van der Waals surface area contributed by atoms with Crippen molar-refractivity contribution in [1.29, 1.82) is 0 Å². The lowest BCUT2D eigenvalue weighted by atomic mass is 10.00. The summed E-state index contributed by atoms with van der Waals surface area (Å²) in [7, 11) is 1.51. The Morgan fingerprint density at radius 1 is 1.26 bits per heavy atom. The molecule has 0 spiro atoms. The summed E-state index contributed by atoms with van der Waals surface area (Å²) in [6.07, 6.45) is 1.12. The highest BCUT2D eigenvalue weighted by Gasteiger charge is 2.27. The van der Waals surface area contributed by atoms with Crippen LogP contribution in [0.1, 0.15) is 22.3 Å². The first-order chi connectivity index (χ1) is 11.0. The second-order valence-electron chi connectivity index (χ2n) is 5.29. The van der Waals surface area contributed by atoms with Crippen molar-refractivity contribution in [2.45, 2.75) is 12.8 Å². The molecule has 1 heterocycles. The van der Waals surface area contributed by atoms with E-state index in [1.54, 1.807) is 18.2 Å². The zero-order valence-corrected chi connectivity index (χ0v) is 14.0. The van der Waals surface area contributed by atoms with Gasteiger partial charge in [0.15, 0.2) is 0 Å². The number of rotatable bonds is 2. The monoisotopic (exact) mass is 381 g/mol. The minimum atomic E-state index is -0.689. The summed E-state index contributed by atoms with van der Waals surface area (Å²) in [6.45, 7) is 0.415. The van der Waals surface area contributed by atoms with Crippen molar-refractivity contribution in [3.63, 3.8) is 0 Å². The molecule has 3 rings (SSSR count). The van der Waals surface area contributed by atoms with Crippen LogP contribution in [0.4, 0.5) is 14.5 Å². The van der Waals surface area contributed by atoms with Crippen LogP contribution < -0.4 is 9.64 Å². The molecule has 0 N–H and O–H groups in total. The van der Waals surface area contributed by atoms with Gasteiger partial charge < -0.3 is 9.64 Å². The maximum absolute atomic E-state index is 14.0. The summed E-state index contributed by atoms with van der Waals surface area (Å²) < 4.78 is 33.3. The number of anilines is 1. The molecule has 0 atom stereocenters. The topological polar surface area (TPSA) is 29.5 Å². The van der Waals surface area contributed by atoms with Crippen LogP contribution in [0.5, 0.6) is 5.75 Å². The molecular weight excluding hydrogens is 368 g/mol. The summed E-state index contributed by atoms with van der Waals surface area (Å²) in [5, 5.41) is 0. The molecule has 1 aliphatic heterocycles. The molecule has 0 aromatic heterocycles. The van der Waals surface area contributed by atoms with Gasteiger partial charge in [0, 0.05) is 22.6 Å².